The van der Waals surface area contributed by atoms with Crippen LogP contribution in [0, 0.1) is 25.2 Å². The lowest BCUT2D eigenvalue weighted by molar-refractivity contribution is -0.193. The topological polar surface area (TPSA) is 122 Å². The third-order valence-electron chi connectivity index (χ3n) is 5.71. The highest BCUT2D eigenvalue weighted by atomic mass is 32.1. The molecule has 2 aromatic rings. The van der Waals surface area contributed by atoms with Gasteiger partial charge >= 0.3 is 24.3 Å². The summed E-state index contributed by atoms with van der Waals surface area (Å²) in [5, 5.41) is 17.4. The maximum Gasteiger partial charge on any atom is 0.490 e. The molecule has 2 N–H and O–H groups in total. The van der Waals surface area contributed by atoms with Crippen LogP contribution in [0.5, 0.6) is 0 Å². The number of hydrogen-bond acceptors (Lipinski definition) is 8. The van der Waals surface area contributed by atoms with Gasteiger partial charge in [0.15, 0.2) is 0 Å². The lowest BCUT2D eigenvalue weighted by Gasteiger charge is -2.27. The Morgan fingerprint density at radius 1 is 1.10 bits per heavy atom. The van der Waals surface area contributed by atoms with E-state index in [9.17, 15) is 26.3 Å². The summed E-state index contributed by atoms with van der Waals surface area (Å²) in [6.45, 7) is 10.0. The van der Waals surface area contributed by atoms with Gasteiger partial charge in [-0.2, -0.15) is 26.3 Å². The number of alkyl halides is 6. The van der Waals surface area contributed by atoms with Crippen molar-refractivity contribution in [3.05, 3.63) is 45.7 Å². The quantitative estimate of drug-likeness (QED) is 0.482. The van der Waals surface area contributed by atoms with E-state index < -0.39 is 24.3 Å². The van der Waals surface area contributed by atoms with Gasteiger partial charge in [-0.3, -0.25) is 9.88 Å². The maximum absolute atomic E-state index is 10.6. The van der Waals surface area contributed by atoms with Crippen LogP contribution in [0.3, 0.4) is 0 Å². The molecule has 0 spiro atoms. The van der Waals surface area contributed by atoms with Crippen molar-refractivity contribution >= 4 is 23.3 Å². The molecule has 2 aromatic heterocycles. The van der Waals surface area contributed by atoms with Crippen LogP contribution in [0.4, 0.5) is 26.3 Å². The Bertz CT molecular complexity index is 1090. The lowest BCUT2D eigenvalue weighted by atomic mass is 9.82. The first-order valence-electron chi connectivity index (χ1n) is 11.3. The molecule has 0 unspecified atom stereocenters. The van der Waals surface area contributed by atoms with Crippen LogP contribution in [0.1, 0.15) is 22.1 Å². The smallest absolute Gasteiger partial charge is 0.475 e. The van der Waals surface area contributed by atoms with Crippen LogP contribution in [0.2, 0.25) is 0 Å². The third kappa shape index (κ3) is 10.3. The molecule has 0 aliphatic carbocycles. The number of fused-ring (bicyclic) bond motifs is 1. The van der Waals surface area contributed by atoms with Crippen molar-refractivity contribution in [3.63, 3.8) is 0 Å². The predicted molar refractivity (Wildman–Crippen MR) is 125 cm³/mol. The van der Waals surface area contributed by atoms with Gasteiger partial charge in [0.05, 0.1) is 42.8 Å². The third-order valence-corrected chi connectivity index (χ3v) is 6.54. The zero-order chi connectivity index (χ0) is 29.4. The summed E-state index contributed by atoms with van der Waals surface area (Å²) >= 11 is 1.68. The molecule has 0 radical (unpaired) electrons. The Labute approximate surface area is 223 Å². The van der Waals surface area contributed by atoms with E-state index in [1.807, 2.05) is 19.9 Å². The van der Waals surface area contributed by atoms with E-state index in [1.54, 1.807) is 11.3 Å². The summed E-state index contributed by atoms with van der Waals surface area (Å²) in [6, 6.07) is 6.25. The number of thiazole rings is 1. The molecule has 0 saturated carbocycles. The van der Waals surface area contributed by atoms with Gasteiger partial charge in [-0.15, -0.1) is 11.3 Å². The Balaban J connectivity index is 0.000000317. The van der Waals surface area contributed by atoms with Crippen LogP contribution in [0.15, 0.2) is 23.6 Å². The first-order chi connectivity index (χ1) is 18.0. The molecular weight excluding hydrogens is 560 g/mol. The van der Waals surface area contributed by atoms with Crippen LogP contribution < -0.4 is 0 Å². The minimum absolute atomic E-state index is 0.120. The van der Waals surface area contributed by atoms with E-state index in [1.165, 1.54) is 0 Å². The molecule has 0 amide bonds. The first kappa shape index (κ1) is 32.4. The number of aliphatic carboxylic acids is 2. The van der Waals surface area contributed by atoms with Gasteiger partial charge in [0.25, 0.3) is 0 Å². The highest BCUT2D eigenvalue weighted by Crippen LogP contribution is 2.42. The largest absolute Gasteiger partial charge is 0.490 e. The highest BCUT2D eigenvalue weighted by molar-refractivity contribution is 7.09. The van der Waals surface area contributed by atoms with Crippen molar-refractivity contribution in [1.29, 1.82) is 0 Å². The molecule has 2 atom stereocenters. The second-order valence-corrected chi connectivity index (χ2v) is 10.0. The zero-order valence-electron chi connectivity index (χ0n) is 20.9. The van der Waals surface area contributed by atoms with Gasteiger partial charge in [-0.1, -0.05) is 6.07 Å². The first-order valence-corrected chi connectivity index (χ1v) is 12.2. The average Bonchev–Trinajstić information content (AvgIpc) is 3.47. The van der Waals surface area contributed by atoms with Crippen molar-refractivity contribution in [1.82, 2.24) is 14.9 Å². The molecule has 0 aromatic carbocycles. The fraction of sp³-hybridized carbons (Fsp3) is 0.565. The van der Waals surface area contributed by atoms with Crippen molar-refractivity contribution in [2.75, 3.05) is 32.9 Å². The molecule has 2 fully saturated rings. The number of aryl methyl sites for hydroxylation is 2. The van der Waals surface area contributed by atoms with E-state index >= 15 is 0 Å². The Kier molecular flexibility index (Phi) is 11.2. The van der Waals surface area contributed by atoms with Crippen LogP contribution in [-0.4, -0.2) is 82.3 Å². The van der Waals surface area contributed by atoms with Crippen LogP contribution in [0.25, 0.3) is 0 Å². The number of halogens is 6. The standard InChI is InChI=1S/C19H25N3O2S.2C2HF3O2/c1-14-4-3-5-17(20-14)7-22-6-16-8-23-12-19(16,11-22)13-24-9-18-10-25-15(2)21-18;2*3-2(4,5)1(6)7/h3-5,10,16H,6-9,11-13H2,1-2H3;2*(H,6,7)/t16-,19+;;/m1../s1. The second-order valence-electron chi connectivity index (χ2n) is 8.97. The molecule has 218 valence electrons. The van der Waals surface area contributed by atoms with Crippen molar-refractivity contribution in [3.8, 4) is 0 Å². The number of likely N-dealkylation sites (tertiary alicyclic amines) is 1. The van der Waals surface area contributed by atoms with Gasteiger partial charge in [-0.05, 0) is 26.0 Å². The summed E-state index contributed by atoms with van der Waals surface area (Å²) in [5.74, 6) is -4.96. The summed E-state index contributed by atoms with van der Waals surface area (Å²) in [4.78, 5) is 29.4. The Hall–Kier alpha value is -2.82. The summed E-state index contributed by atoms with van der Waals surface area (Å²) in [5.41, 5.74) is 3.38. The fourth-order valence-electron chi connectivity index (χ4n) is 4.02. The SMILES string of the molecule is Cc1cccc(CN2C[C@@H]3COC[C@]3(COCc3csc(C)n3)C2)n1.O=C(O)C(F)(F)F.O=C(O)C(F)(F)F. The lowest BCUT2D eigenvalue weighted by Crippen LogP contribution is -2.35. The van der Waals surface area contributed by atoms with E-state index in [2.05, 4.69) is 32.4 Å². The number of nitrogens with zero attached hydrogens (tertiary/aromatic N) is 3. The minimum Gasteiger partial charge on any atom is -0.475 e. The average molecular weight is 588 g/mol. The molecule has 2 aliphatic rings. The summed E-state index contributed by atoms with van der Waals surface area (Å²) < 4.78 is 75.3. The van der Waals surface area contributed by atoms with Gasteiger partial charge in [0.1, 0.15) is 0 Å². The summed E-state index contributed by atoms with van der Waals surface area (Å²) in [6.07, 6.45) is -10.2. The van der Waals surface area contributed by atoms with Crippen LogP contribution in [-0.2, 0) is 32.2 Å². The molecule has 4 rings (SSSR count). The van der Waals surface area contributed by atoms with Gasteiger partial charge in [-0.25, -0.2) is 14.6 Å². The molecule has 2 aliphatic heterocycles. The number of rotatable bonds is 6. The maximum atomic E-state index is 10.6. The Morgan fingerprint density at radius 2 is 1.72 bits per heavy atom. The van der Waals surface area contributed by atoms with Gasteiger partial charge < -0.3 is 19.7 Å². The molecule has 2 saturated heterocycles. The van der Waals surface area contributed by atoms with Gasteiger partial charge in [0.2, 0.25) is 0 Å². The number of carbonyl (C=O) groups is 2. The van der Waals surface area contributed by atoms with E-state index in [4.69, 9.17) is 29.3 Å². The second kappa shape index (κ2) is 13.5. The number of pyridine rings is 1. The van der Waals surface area contributed by atoms with Crippen molar-refractivity contribution in [2.24, 2.45) is 11.3 Å². The normalized spacial score (nSPS) is 20.9. The van der Waals surface area contributed by atoms with Crippen molar-refractivity contribution in [2.45, 2.75) is 39.4 Å². The molecule has 9 nitrogen and oxygen atoms in total. The Morgan fingerprint density at radius 3 is 2.23 bits per heavy atom. The fourth-order valence-corrected chi connectivity index (χ4v) is 4.61. The number of aromatic nitrogens is 2. The number of hydrogen-bond donors (Lipinski definition) is 2. The molecule has 16 heteroatoms. The monoisotopic (exact) mass is 587 g/mol. The van der Waals surface area contributed by atoms with Crippen LogP contribution >= 0.6 is 11.3 Å². The van der Waals surface area contributed by atoms with E-state index in [-0.39, 0.29) is 5.41 Å². The molecule has 4 heterocycles. The molecule has 0 bridgehead atoms. The van der Waals surface area contributed by atoms with E-state index in [0.29, 0.717) is 12.5 Å². The number of carboxylic acids is 2. The zero-order valence-corrected chi connectivity index (χ0v) is 21.7. The number of ether oxygens (including phenoxy) is 2. The van der Waals surface area contributed by atoms with E-state index in [0.717, 1.165) is 61.5 Å². The molecule has 39 heavy (non-hydrogen) atoms. The number of carboxylic acid groups (broad SMARTS) is 2. The predicted octanol–water partition coefficient (Wildman–Crippen LogP) is 4.09. The van der Waals surface area contributed by atoms with Gasteiger partial charge in [0, 0.05) is 42.0 Å². The van der Waals surface area contributed by atoms with Crippen molar-refractivity contribution < 1.29 is 55.6 Å². The summed E-state index contributed by atoms with van der Waals surface area (Å²) in [7, 11) is 0. The molecular formula is C23H27F6N3O6S. The highest BCUT2D eigenvalue weighted by Gasteiger charge is 2.50. The minimum atomic E-state index is -5.08.